The standard InChI is InChI=1S/C24H28N3/c1-17(2)26-19(4)27(23-14-9-8-13-22(23)26)24-16-10-15-21(25(24)5)20-12-7-6-11-18(20)3/h6-17,19H,1-5H3/q+1/t19-/m0/s1. The average Bonchev–Trinajstić information content (AvgIpc) is 2.95. The number of benzene rings is 2. The summed E-state index contributed by atoms with van der Waals surface area (Å²) < 4.78 is 2.32. The molecule has 0 saturated heterocycles. The number of aryl methyl sites for hydroxylation is 1. The fourth-order valence-corrected chi connectivity index (χ4v) is 4.38. The van der Waals surface area contributed by atoms with Gasteiger partial charge in [-0.1, -0.05) is 36.4 Å². The Kier molecular flexibility index (Phi) is 4.39. The number of hydrogen-bond acceptors (Lipinski definition) is 2. The molecule has 0 bridgehead atoms. The number of fused-ring (bicyclic) bond motifs is 1. The lowest BCUT2D eigenvalue weighted by Crippen LogP contribution is -2.47. The van der Waals surface area contributed by atoms with Crippen LogP contribution >= 0.6 is 0 Å². The average molecular weight is 359 g/mol. The fourth-order valence-electron chi connectivity index (χ4n) is 4.38. The molecule has 0 saturated carbocycles. The van der Waals surface area contributed by atoms with Gasteiger partial charge >= 0.3 is 0 Å². The third-order valence-electron chi connectivity index (χ3n) is 5.62. The van der Waals surface area contributed by atoms with Crippen molar-refractivity contribution in [3.05, 3.63) is 72.3 Å². The van der Waals surface area contributed by atoms with E-state index in [-0.39, 0.29) is 6.17 Å². The van der Waals surface area contributed by atoms with E-state index in [1.54, 1.807) is 0 Å². The molecule has 0 radical (unpaired) electrons. The van der Waals surface area contributed by atoms with E-state index >= 15 is 0 Å². The molecule has 0 unspecified atom stereocenters. The summed E-state index contributed by atoms with van der Waals surface area (Å²) in [6.07, 6.45) is 0.265. The van der Waals surface area contributed by atoms with E-state index in [2.05, 4.69) is 116 Å². The van der Waals surface area contributed by atoms with Crippen molar-refractivity contribution in [2.45, 2.75) is 39.9 Å². The number of anilines is 3. The van der Waals surface area contributed by atoms with E-state index in [1.807, 2.05) is 0 Å². The van der Waals surface area contributed by atoms with Crippen molar-refractivity contribution in [3.8, 4) is 11.3 Å². The zero-order valence-corrected chi connectivity index (χ0v) is 16.8. The smallest absolute Gasteiger partial charge is 0.283 e. The molecule has 27 heavy (non-hydrogen) atoms. The largest absolute Gasteiger partial charge is 0.327 e. The molecular weight excluding hydrogens is 330 g/mol. The normalized spacial score (nSPS) is 16.1. The molecule has 1 aliphatic heterocycles. The van der Waals surface area contributed by atoms with Gasteiger partial charge in [-0.3, -0.25) is 0 Å². The van der Waals surface area contributed by atoms with Gasteiger partial charge in [0.1, 0.15) is 5.69 Å². The second-order valence-corrected chi connectivity index (χ2v) is 7.63. The van der Waals surface area contributed by atoms with Crippen molar-refractivity contribution in [3.63, 3.8) is 0 Å². The van der Waals surface area contributed by atoms with Gasteiger partial charge in [-0.2, -0.15) is 0 Å². The van der Waals surface area contributed by atoms with Crippen LogP contribution in [0.25, 0.3) is 11.3 Å². The van der Waals surface area contributed by atoms with Gasteiger partial charge in [0.15, 0.2) is 11.9 Å². The minimum absolute atomic E-state index is 0.265. The molecule has 3 nitrogen and oxygen atoms in total. The highest BCUT2D eigenvalue weighted by molar-refractivity contribution is 5.82. The summed E-state index contributed by atoms with van der Waals surface area (Å²) in [6.45, 7) is 9.00. The van der Waals surface area contributed by atoms with Crippen LogP contribution < -0.4 is 14.4 Å². The molecule has 3 heteroatoms. The molecule has 2 heterocycles. The van der Waals surface area contributed by atoms with Gasteiger partial charge in [0.2, 0.25) is 0 Å². The zero-order chi connectivity index (χ0) is 19.1. The molecule has 0 fully saturated rings. The Morgan fingerprint density at radius 1 is 0.852 bits per heavy atom. The van der Waals surface area contributed by atoms with Crippen LogP contribution in [0.4, 0.5) is 17.2 Å². The van der Waals surface area contributed by atoms with Crippen LogP contribution in [-0.4, -0.2) is 12.2 Å². The summed E-state index contributed by atoms with van der Waals surface area (Å²) in [5.74, 6) is 1.21. The summed E-state index contributed by atoms with van der Waals surface area (Å²) in [5.41, 5.74) is 6.39. The maximum absolute atomic E-state index is 2.50. The van der Waals surface area contributed by atoms with Gasteiger partial charge in [-0.25, -0.2) is 9.47 Å². The minimum Gasteiger partial charge on any atom is -0.327 e. The quantitative estimate of drug-likeness (QED) is 0.596. The summed E-state index contributed by atoms with van der Waals surface area (Å²) in [6, 6.07) is 24.4. The summed E-state index contributed by atoms with van der Waals surface area (Å²) >= 11 is 0. The number of aromatic nitrogens is 1. The molecule has 2 aromatic carbocycles. The topological polar surface area (TPSA) is 10.4 Å². The maximum Gasteiger partial charge on any atom is 0.283 e. The van der Waals surface area contributed by atoms with Crippen molar-refractivity contribution in [2.24, 2.45) is 7.05 Å². The third kappa shape index (κ3) is 2.78. The molecule has 1 aliphatic rings. The van der Waals surface area contributed by atoms with Crippen LogP contribution in [0.3, 0.4) is 0 Å². The van der Waals surface area contributed by atoms with Crippen LogP contribution in [0.5, 0.6) is 0 Å². The Bertz CT molecular complexity index is 977. The first-order chi connectivity index (χ1) is 13.0. The number of para-hydroxylation sites is 2. The van der Waals surface area contributed by atoms with Crippen LogP contribution in [-0.2, 0) is 7.05 Å². The zero-order valence-electron chi connectivity index (χ0n) is 16.8. The van der Waals surface area contributed by atoms with Gasteiger partial charge in [0, 0.05) is 17.7 Å². The fraction of sp³-hybridized carbons (Fsp3) is 0.292. The molecular formula is C24H28N3+. The van der Waals surface area contributed by atoms with Crippen molar-refractivity contribution < 1.29 is 4.57 Å². The van der Waals surface area contributed by atoms with Gasteiger partial charge in [-0.05, 0) is 57.5 Å². The summed E-state index contributed by atoms with van der Waals surface area (Å²) in [7, 11) is 2.17. The first-order valence-corrected chi connectivity index (χ1v) is 9.72. The third-order valence-corrected chi connectivity index (χ3v) is 5.62. The highest BCUT2D eigenvalue weighted by Gasteiger charge is 2.42. The van der Waals surface area contributed by atoms with Crippen molar-refractivity contribution in [2.75, 3.05) is 9.80 Å². The highest BCUT2D eigenvalue weighted by Crippen LogP contribution is 2.44. The summed E-state index contributed by atoms with van der Waals surface area (Å²) in [5, 5.41) is 0. The Balaban J connectivity index is 1.88. The Morgan fingerprint density at radius 2 is 1.52 bits per heavy atom. The Labute approximate surface area is 162 Å². The number of rotatable bonds is 3. The number of hydrogen-bond donors (Lipinski definition) is 0. The molecule has 1 aromatic heterocycles. The van der Waals surface area contributed by atoms with Crippen molar-refractivity contribution >= 4 is 17.2 Å². The van der Waals surface area contributed by atoms with Crippen LogP contribution in [0.1, 0.15) is 26.3 Å². The van der Waals surface area contributed by atoms with Crippen LogP contribution in [0.15, 0.2) is 66.7 Å². The predicted octanol–water partition coefficient (Wildman–Crippen LogP) is 5.20. The molecule has 0 spiro atoms. The predicted molar refractivity (Wildman–Crippen MR) is 113 cm³/mol. The second kappa shape index (κ2) is 6.73. The van der Waals surface area contributed by atoms with Crippen LogP contribution in [0.2, 0.25) is 0 Å². The van der Waals surface area contributed by atoms with E-state index in [4.69, 9.17) is 0 Å². The van der Waals surface area contributed by atoms with E-state index in [9.17, 15) is 0 Å². The molecule has 0 amide bonds. The first kappa shape index (κ1) is 17.6. The van der Waals surface area contributed by atoms with Gasteiger partial charge in [-0.15, -0.1) is 0 Å². The molecule has 0 aliphatic carbocycles. The molecule has 1 atom stereocenters. The summed E-state index contributed by atoms with van der Waals surface area (Å²) in [4.78, 5) is 4.95. The van der Waals surface area contributed by atoms with Crippen LogP contribution in [0, 0.1) is 6.92 Å². The van der Waals surface area contributed by atoms with E-state index in [0.717, 1.165) is 0 Å². The highest BCUT2D eigenvalue weighted by atomic mass is 15.4. The molecule has 0 N–H and O–H groups in total. The lowest BCUT2D eigenvalue weighted by Gasteiger charge is -2.29. The minimum atomic E-state index is 0.265. The van der Waals surface area contributed by atoms with E-state index in [1.165, 1.54) is 34.0 Å². The second-order valence-electron chi connectivity index (χ2n) is 7.63. The van der Waals surface area contributed by atoms with Crippen molar-refractivity contribution in [1.82, 2.24) is 0 Å². The van der Waals surface area contributed by atoms with E-state index < -0.39 is 0 Å². The van der Waals surface area contributed by atoms with E-state index in [0.29, 0.717) is 6.04 Å². The Hall–Kier alpha value is -2.81. The maximum atomic E-state index is 2.50. The number of pyridine rings is 1. The number of nitrogens with zero attached hydrogens (tertiary/aromatic N) is 3. The van der Waals surface area contributed by atoms with Gasteiger partial charge in [0.05, 0.1) is 12.7 Å². The van der Waals surface area contributed by atoms with Gasteiger partial charge < -0.3 is 4.90 Å². The SMILES string of the molecule is Cc1ccccc1-c1cccc(N2c3ccccc3N(C(C)C)[C@@H]2C)[n+]1C. The monoisotopic (exact) mass is 358 g/mol. The molecule has 3 aromatic rings. The van der Waals surface area contributed by atoms with Gasteiger partial charge in [0.25, 0.3) is 5.82 Å². The molecule has 138 valence electrons. The first-order valence-electron chi connectivity index (χ1n) is 9.72. The lowest BCUT2D eigenvalue weighted by atomic mass is 10.0. The lowest BCUT2D eigenvalue weighted by molar-refractivity contribution is -0.647. The molecule has 4 rings (SSSR count). The van der Waals surface area contributed by atoms with Crippen molar-refractivity contribution in [1.29, 1.82) is 0 Å². The Morgan fingerprint density at radius 3 is 2.22 bits per heavy atom.